The molecule has 0 radical (unpaired) electrons. The number of ether oxygens (including phenoxy) is 1. The molecule has 210 valence electrons. The molecule has 0 spiro atoms. The predicted molar refractivity (Wildman–Crippen MR) is 128 cm³/mol. The zero-order valence-electron chi connectivity index (χ0n) is 21.0. The van der Waals surface area contributed by atoms with E-state index in [0.717, 1.165) is 11.6 Å². The highest BCUT2D eigenvalue weighted by molar-refractivity contribution is 5.91. The van der Waals surface area contributed by atoms with Gasteiger partial charge in [-0.05, 0) is 55.9 Å². The fourth-order valence-electron chi connectivity index (χ4n) is 3.95. The van der Waals surface area contributed by atoms with E-state index in [-0.39, 0.29) is 36.8 Å². The van der Waals surface area contributed by atoms with Crippen molar-refractivity contribution in [3.05, 3.63) is 65.2 Å². The van der Waals surface area contributed by atoms with Gasteiger partial charge in [0, 0.05) is 5.56 Å². The summed E-state index contributed by atoms with van der Waals surface area (Å²) in [7, 11) is 0. The average molecular weight is 548 g/mol. The lowest BCUT2D eigenvalue weighted by molar-refractivity contribution is -0.376. The number of aliphatic hydroxyl groups is 1. The molecule has 0 aliphatic rings. The zero-order chi connectivity index (χ0) is 28.6. The topological polar surface area (TPSA) is 75.6 Å². The third-order valence-electron chi connectivity index (χ3n) is 6.14. The van der Waals surface area contributed by atoms with E-state index in [9.17, 15) is 41.0 Å². The van der Waals surface area contributed by atoms with Gasteiger partial charge in [-0.1, -0.05) is 49.7 Å². The van der Waals surface area contributed by atoms with Crippen LogP contribution in [0.2, 0.25) is 0 Å². The van der Waals surface area contributed by atoms with E-state index in [1.165, 1.54) is 0 Å². The summed E-state index contributed by atoms with van der Waals surface area (Å²) >= 11 is 0. The van der Waals surface area contributed by atoms with Crippen molar-refractivity contribution in [1.82, 2.24) is 5.32 Å². The molecule has 5 nitrogen and oxygen atoms in total. The Labute approximate surface area is 217 Å². The molecule has 2 atom stereocenters. The van der Waals surface area contributed by atoms with Crippen LogP contribution in [0.15, 0.2) is 48.5 Å². The summed E-state index contributed by atoms with van der Waals surface area (Å²) in [6.07, 6.45) is -9.81. The molecule has 1 amide bonds. The minimum Gasteiger partial charge on any atom is -0.493 e. The number of amides is 1. The Morgan fingerprint density at radius 1 is 1.03 bits per heavy atom. The van der Waals surface area contributed by atoms with E-state index in [1.54, 1.807) is 13.8 Å². The number of aldehydes is 1. The second-order valence-electron chi connectivity index (χ2n) is 9.01. The highest BCUT2D eigenvalue weighted by Crippen LogP contribution is 2.50. The number of hydrogen-bond acceptors (Lipinski definition) is 4. The molecular weight excluding hydrogens is 516 g/mol. The first-order valence-corrected chi connectivity index (χ1v) is 12.2. The number of carbonyl (C=O) groups is 2. The van der Waals surface area contributed by atoms with Gasteiger partial charge in [-0.15, -0.1) is 0 Å². The average Bonchev–Trinajstić information content (AvgIpc) is 2.85. The smallest absolute Gasteiger partial charge is 0.430 e. The lowest BCUT2D eigenvalue weighted by atomic mass is 9.90. The number of unbranched alkanes of at least 4 members (excludes halogenated alkanes) is 1. The minimum absolute atomic E-state index is 0.0620. The highest BCUT2D eigenvalue weighted by Gasteiger charge is 2.71. The summed E-state index contributed by atoms with van der Waals surface area (Å²) in [5, 5.41) is 12.5. The molecule has 0 saturated heterocycles. The lowest BCUT2D eigenvalue weighted by Crippen LogP contribution is -2.53. The van der Waals surface area contributed by atoms with Crippen LogP contribution in [0.3, 0.4) is 0 Å². The Balaban J connectivity index is 1.98. The Bertz CT molecular complexity index is 1040. The number of rotatable bonds is 13. The van der Waals surface area contributed by atoms with Crippen molar-refractivity contribution >= 4 is 12.2 Å². The SMILES string of the molecule is CCCc1cc(C(O)(C(F)(F)F)C(F)(F)F)ccc1OCCCCC(C=O)C(=O)NC(C)c1ccccc1. The van der Waals surface area contributed by atoms with E-state index in [1.807, 2.05) is 30.3 Å². The number of benzene rings is 2. The molecule has 0 aromatic heterocycles. The van der Waals surface area contributed by atoms with Crippen molar-refractivity contribution in [1.29, 1.82) is 0 Å². The molecule has 0 fully saturated rings. The molecule has 0 saturated carbocycles. The maximum absolute atomic E-state index is 13.2. The molecule has 2 aromatic rings. The van der Waals surface area contributed by atoms with Gasteiger partial charge < -0.3 is 20.0 Å². The fourth-order valence-corrected chi connectivity index (χ4v) is 3.95. The van der Waals surface area contributed by atoms with Gasteiger partial charge >= 0.3 is 12.4 Å². The van der Waals surface area contributed by atoms with Crippen LogP contribution in [0.4, 0.5) is 26.3 Å². The normalized spacial score (nSPS) is 14.0. The van der Waals surface area contributed by atoms with Crippen molar-refractivity contribution in [2.75, 3.05) is 6.61 Å². The first-order chi connectivity index (χ1) is 17.8. The molecule has 2 rings (SSSR count). The van der Waals surface area contributed by atoms with Gasteiger partial charge in [0.1, 0.15) is 12.0 Å². The van der Waals surface area contributed by atoms with Crippen LogP contribution >= 0.6 is 0 Å². The summed E-state index contributed by atoms with van der Waals surface area (Å²) < 4.78 is 85.1. The Morgan fingerprint density at radius 3 is 2.21 bits per heavy atom. The van der Waals surface area contributed by atoms with E-state index in [2.05, 4.69) is 5.32 Å². The number of aryl methyl sites for hydroxylation is 1. The third-order valence-corrected chi connectivity index (χ3v) is 6.14. The van der Waals surface area contributed by atoms with Crippen molar-refractivity contribution in [2.45, 2.75) is 69.9 Å². The minimum atomic E-state index is -5.97. The van der Waals surface area contributed by atoms with Gasteiger partial charge in [-0.25, -0.2) is 0 Å². The molecule has 11 heteroatoms. The number of nitrogens with one attached hydrogen (secondary N) is 1. The first-order valence-electron chi connectivity index (χ1n) is 12.2. The molecule has 38 heavy (non-hydrogen) atoms. The lowest BCUT2D eigenvalue weighted by Gasteiger charge is -2.33. The summed E-state index contributed by atoms with van der Waals surface area (Å²) in [5.74, 6) is -1.19. The van der Waals surface area contributed by atoms with E-state index < -0.39 is 35.3 Å². The predicted octanol–water partition coefficient (Wildman–Crippen LogP) is 6.19. The van der Waals surface area contributed by atoms with Crippen molar-refractivity contribution in [2.24, 2.45) is 5.92 Å². The van der Waals surface area contributed by atoms with E-state index >= 15 is 0 Å². The quantitative estimate of drug-likeness (QED) is 0.136. The number of alkyl halides is 6. The molecule has 0 aliphatic carbocycles. The van der Waals surface area contributed by atoms with Gasteiger partial charge in [-0.2, -0.15) is 26.3 Å². The summed E-state index contributed by atoms with van der Waals surface area (Å²) in [5.41, 5.74) is -5.37. The van der Waals surface area contributed by atoms with Gasteiger partial charge in [0.25, 0.3) is 5.60 Å². The highest BCUT2D eigenvalue weighted by atomic mass is 19.4. The Kier molecular flexibility index (Phi) is 10.8. The number of halogens is 6. The molecule has 2 unspecified atom stereocenters. The van der Waals surface area contributed by atoms with Crippen LogP contribution in [0, 0.1) is 5.92 Å². The standard InChI is InChI=1S/C27H31F6NO4/c1-3-9-20-16-22(25(37,26(28,29)30)27(31,32)33)13-14-23(20)38-15-8-7-12-21(17-35)24(36)34-18(2)19-10-5-4-6-11-19/h4-6,10-11,13-14,16-18,21,37H,3,7-9,12,15H2,1-2H3,(H,34,36). The first kappa shape index (κ1) is 31.1. The molecular formula is C27H31F6NO4. The fraction of sp³-hybridized carbons (Fsp3) is 0.481. The Hall–Kier alpha value is -3.08. The summed E-state index contributed by atoms with van der Waals surface area (Å²) in [6, 6.07) is 11.1. The van der Waals surface area contributed by atoms with E-state index in [4.69, 9.17) is 4.74 Å². The molecule has 0 bridgehead atoms. The molecule has 0 heterocycles. The number of hydrogen-bond donors (Lipinski definition) is 2. The van der Waals surface area contributed by atoms with Gasteiger partial charge in [0.2, 0.25) is 5.91 Å². The second-order valence-corrected chi connectivity index (χ2v) is 9.01. The van der Waals surface area contributed by atoms with Crippen LogP contribution in [0.1, 0.15) is 62.3 Å². The molecule has 0 aliphatic heterocycles. The maximum atomic E-state index is 13.2. The van der Waals surface area contributed by atoms with Crippen LogP contribution in [-0.2, 0) is 21.6 Å². The van der Waals surface area contributed by atoms with Gasteiger partial charge in [-0.3, -0.25) is 4.79 Å². The van der Waals surface area contributed by atoms with Crippen molar-refractivity contribution in [3.63, 3.8) is 0 Å². The van der Waals surface area contributed by atoms with Crippen molar-refractivity contribution < 1.29 is 45.8 Å². The third kappa shape index (κ3) is 7.49. The molecule has 2 N–H and O–H groups in total. The van der Waals surface area contributed by atoms with Crippen LogP contribution in [-0.4, -0.2) is 36.3 Å². The number of carbonyl (C=O) groups excluding carboxylic acids is 2. The summed E-state index contributed by atoms with van der Waals surface area (Å²) in [6.45, 7) is 3.55. The molecule has 2 aromatic carbocycles. The maximum Gasteiger partial charge on any atom is 0.430 e. The monoisotopic (exact) mass is 547 g/mol. The van der Waals surface area contributed by atoms with E-state index in [0.29, 0.717) is 37.7 Å². The van der Waals surface area contributed by atoms with Crippen LogP contribution in [0.5, 0.6) is 5.75 Å². The van der Waals surface area contributed by atoms with Gasteiger partial charge in [0.15, 0.2) is 0 Å². The van der Waals surface area contributed by atoms with Crippen LogP contribution in [0.25, 0.3) is 0 Å². The van der Waals surface area contributed by atoms with Crippen molar-refractivity contribution in [3.8, 4) is 5.75 Å². The Morgan fingerprint density at radius 2 is 1.66 bits per heavy atom. The largest absolute Gasteiger partial charge is 0.493 e. The summed E-state index contributed by atoms with van der Waals surface area (Å²) in [4.78, 5) is 23.9. The zero-order valence-corrected chi connectivity index (χ0v) is 21.0. The van der Waals surface area contributed by atoms with Gasteiger partial charge in [0.05, 0.1) is 18.6 Å². The second kappa shape index (κ2) is 13.1. The van der Waals surface area contributed by atoms with Crippen LogP contribution < -0.4 is 10.1 Å².